The molecule has 4 heteroatoms. The second-order valence-electron chi connectivity index (χ2n) is 6.12. The maximum Gasteiger partial charge on any atom is 0.131 e. The van der Waals surface area contributed by atoms with Crippen molar-refractivity contribution in [3.63, 3.8) is 0 Å². The highest BCUT2D eigenvalue weighted by molar-refractivity contribution is 5.34. The highest BCUT2D eigenvalue weighted by atomic mass is 19.1. The van der Waals surface area contributed by atoms with Gasteiger partial charge in [-0.2, -0.15) is 0 Å². The Morgan fingerprint density at radius 3 is 2.52 bits per heavy atom. The number of nitrogens with one attached hydrogen (secondary N) is 1. The molecule has 1 aliphatic rings. The molecule has 1 heterocycles. The summed E-state index contributed by atoms with van der Waals surface area (Å²) in [5.74, 6) is -1.01. The summed E-state index contributed by atoms with van der Waals surface area (Å²) in [6.45, 7) is 5.62. The van der Waals surface area contributed by atoms with Crippen LogP contribution in [0.1, 0.15) is 29.2 Å². The third kappa shape index (κ3) is 3.77. The monoisotopic (exact) mass is 316 g/mol. The minimum Gasteiger partial charge on any atom is -0.315 e. The Bertz CT molecular complexity index is 647. The summed E-state index contributed by atoms with van der Waals surface area (Å²) < 4.78 is 27.7. The lowest BCUT2D eigenvalue weighted by atomic mass is 9.95. The van der Waals surface area contributed by atoms with Crippen molar-refractivity contribution in [3.05, 3.63) is 70.8 Å². The molecule has 0 saturated carbocycles. The topological polar surface area (TPSA) is 15.3 Å². The number of nitrogens with zero attached hydrogens (tertiary/aromatic N) is 1. The van der Waals surface area contributed by atoms with Crippen molar-refractivity contribution < 1.29 is 8.78 Å². The Labute approximate surface area is 136 Å². The van der Waals surface area contributed by atoms with Crippen LogP contribution in [0.5, 0.6) is 0 Å². The summed E-state index contributed by atoms with van der Waals surface area (Å²) in [4.78, 5) is 2.28. The first kappa shape index (κ1) is 16.1. The summed E-state index contributed by atoms with van der Waals surface area (Å²) in [5, 5.41) is 3.37. The molecule has 0 amide bonds. The zero-order chi connectivity index (χ0) is 16.2. The summed E-state index contributed by atoms with van der Waals surface area (Å²) in [5.41, 5.74) is 2.75. The smallest absolute Gasteiger partial charge is 0.131 e. The fraction of sp³-hybridized carbons (Fsp3) is 0.368. The van der Waals surface area contributed by atoms with Crippen molar-refractivity contribution in [1.82, 2.24) is 10.2 Å². The fourth-order valence-electron chi connectivity index (χ4n) is 3.18. The molecule has 0 radical (unpaired) electrons. The summed E-state index contributed by atoms with van der Waals surface area (Å²) in [6.07, 6.45) is 1.02. The maximum atomic E-state index is 14.4. The van der Waals surface area contributed by atoms with Crippen molar-refractivity contribution in [2.45, 2.75) is 19.4 Å². The van der Waals surface area contributed by atoms with Crippen LogP contribution in [0, 0.1) is 18.6 Å². The Kier molecular flexibility index (Phi) is 5.03. The zero-order valence-corrected chi connectivity index (χ0v) is 13.4. The molecule has 1 fully saturated rings. The molecule has 2 aromatic carbocycles. The van der Waals surface area contributed by atoms with E-state index in [-0.39, 0.29) is 6.04 Å². The van der Waals surface area contributed by atoms with Crippen LogP contribution in [-0.4, -0.2) is 31.1 Å². The van der Waals surface area contributed by atoms with Gasteiger partial charge in [0.05, 0.1) is 6.04 Å². The van der Waals surface area contributed by atoms with Crippen LogP contribution in [-0.2, 0) is 0 Å². The molecule has 0 spiro atoms. The molecule has 0 aliphatic carbocycles. The van der Waals surface area contributed by atoms with Gasteiger partial charge in [0.1, 0.15) is 11.6 Å². The first-order valence-electron chi connectivity index (χ1n) is 8.11. The van der Waals surface area contributed by atoms with Gasteiger partial charge in [0, 0.05) is 31.3 Å². The Morgan fingerprint density at radius 2 is 1.78 bits per heavy atom. The second-order valence-corrected chi connectivity index (χ2v) is 6.12. The van der Waals surface area contributed by atoms with Crippen molar-refractivity contribution in [3.8, 4) is 0 Å². The minimum atomic E-state index is -0.536. The van der Waals surface area contributed by atoms with Crippen LogP contribution < -0.4 is 5.32 Å². The van der Waals surface area contributed by atoms with E-state index in [1.165, 1.54) is 11.6 Å². The standard InChI is InChI=1S/C19H22F2N2/c1-14-3-5-15(6-4-14)19(23-11-2-9-22-10-12-23)17-8-7-16(20)13-18(17)21/h3-8,13,19,22H,2,9-12H2,1H3. The molecule has 1 saturated heterocycles. The van der Waals surface area contributed by atoms with Gasteiger partial charge in [-0.1, -0.05) is 35.9 Å². The molecular weight excluding hydrogens is 294 g/mol. The zero-order valence-electron chi connectivity index (χ0n) is 13.4. The largest absolute Gasteiger partial charge is 0.315 e. The van der Waals surface area contributed by atoms with Gasteiger partial charge in [-0.15, -0.1) is 0 Å². The van der Waals surface area contributed by atoms with E-state index < -0.39 is 11.6 Å². The molecular formula is C19H22F2N2. The number of rotatable bonds is 3. The Balaban J connectivity index is 2.03. The summed E-state index contributed by atoms with van der Waals surface area (Å²) in [7, 11) is 0. The Morgan fingerprint density at radius 1 is 1.00 bits per heavy atom. The molecule has 23 heavy (non-hydrogen) atoms. The average molecular weight is 316 g/mol. The quantitative estimate of drug-likeness (QED) is 0.930. The molecule has 1 atom stereocenters. The highest BCUT2D eigenvalue weighted by Crippen LogP contribution is 2.31. The molecule has 2 aromatic rings. The van der Waals surface area contributed by atoms with Gasteiger partial charge in [-0.3, -0.25) is 4.90 Å². The van der Waals surface area contributed by atoms with E-state index in [2.05, 4.69) is 10.2 Å². The van der Waals surface area contributed by atoms with Crippen LogP contribution in [0.2, 0.25) is 0 Å². The van der Waals surface area contributed by atoms with Gasteiger partial charge >= 0.3 is 0 Å². The molecule has 0 bridgehead atoms. The molecule has 3 rings (SSSR count). The van der Waals surface area contributed by atoms with Gasteiger partial charge < -0.3 is 5.32 Å². The first-order valence-corrected chi connectivity index (χ1v) is 8.11. The molecule has 1 N–H and O–H groups in total. The van der Waals surface area contributed by atoms with E-state index in [0.29, 0.717) is 5.56 Å². The van der Waals surface area contributed by atoms with Crippen LogP contribution in [0.3, 0.4) is 0 Å². The van der Waals surface area contributed by atoms with E-state index in [4.69, 9.17) is 0 Å². The predicted octanol–water partition coefficient (Wildman–Crippen LogP) is 3.66. The SMILES string of the molecule is Cc1ccc(C(c2ccc(F)cc2F)N2CCCNCC2)cc1. The van der Waals surface area contributed by atoms with Crippen LogP contribution in [0.4, 0.5) is 8.78 Å². The van der Waals surface area contributed by atoms with Gasteiger partial charge in [0.15, 0.2) is 0 Å². The third-order valence-electron chi connectivity index (χ3n) is 4.39. The molecule has 2 nitrogen and oxygen atoms in total. The minimum absolute atomic E-state index is 0.184. The highest BCUT2D eigenvalue weighted by Gasteiger charge is 2.25. The average Bonchev–Trinajstić information content (AvgIpc) is 2.81. The van der Waals surface area contributed by atoms with E-state index in [9.17, 15) is 8.78 Å². The molecule has 1 aliphatic heterocycles. The van der Waals surface area contributed by atoms with E-state index in [1.807, 2.05) is 31.2 Å². The van der Waals surface area contributed by atoms with Gasteiger partial charge in [-0.05, 0) is 31.5 Å². The first-order chi connectivity index (χ1) is 11.1. The summed E-state index contributed by atoms with van der Waals surface area (Å²) in [6, 6.07) is 11.9. The van der Waals surface area contributed by atoms with Crippen molar-refractivity contribution >= 4 is 0 Å². The van der Waals surface area contributed by atoms with Crippen molar-refractivity contribution in [2.24, 2.45) is 0 Å². The second kappa shape index (κ2) is 7.20. The lowest BCUT2D eigenvalue weighted by molar-refractivity contribution is 0.236. The Hall–Kier alpha value is -1.78. The molecule has 1 unspecified atom stereocenters. The lowest BCUT2D eigenvalue weighted by Gasteiger charge is -2.31. The van der Waals surface area contributed by atoms with Crippen molar-refractivity contribution in [1.29, 1.82) is 0 Å². The van der Waals surface area contributed by atoms with Crippen LogP contribution in [0.25, 0.3) is 0 Å². The van der Waals surface area contributed by atoms with Crippen molar-refractivity contribution in [2.75, 3.05) is 26.2 Å². The molecule has 122 valence electrons. The predicted molar refractivity (Wildman–Crippen MR) is 88.4 cm³/mol. The number of aryl methyl sites for hydroxylation is 1. The number of hydrogen-bond donors (Lipinski definition) is 1. The lowest BCUT2D eigenvalue weighted by Crippen LogP contribution is -2.33. The number of hydrogen-bond acceptors (Lipinski definition) is 2. The number of benzene rings is 2. The normalized spacial score (nSPS) is 17.7. The van der Waals surface area contributed by atoms with Gasteiger partial charge in [0.25, 0.3) is 0 Å². The van der Waals surface area contributed by atoms with E-state index >= 15 is 0 Å². The maximum absolute atomic E-state index is 14.4. The van der Waals surface area contributed by atoms with E-state index in [1.54, 1.807) is 6.07 Å². The molecule has 0 aromatic heterocycles. The van der Waals surface area contributed by atoms with Gasteiger partial charge in [0.2, 0.25) is 0 Å². The van der Waals surface area contributed by atoms with Gasteiger partial charge in [-0.25, -0.2) is 8.78 Å². The number of halogens is 2. The summed E-state index contributed by atoms with van der Waals surface area (Å²) >= 11 is 0. The van der Waals surface area contributed by atoms with E-state index in [0.717, 1.165) is 44.2 Å². The third-order valence-corrected chi connectivity index (χ3v) is 4.39. The van der Waals surface area contributed by atoms with Crippen LogP contribution in [0.15, 0.2) is 42.5 Å². The fourth-order valence-corrected chi connectivity index (χ4v) is 3.18. The van der Waals surface area contributed by atoms with Crippen LogP contribution >= 0.6 is 0 Å².